The van der Waals surface area contributed by atoms with Crippen LogP contribution in [-0.2, 0) is 0 Å². The number of hydrogen-bond donors (Lipinski definition) is 0. The number of rotatable bonds is 2. The van der Waals surface area contributed by atoms with Gasteiger partial charge in [-0.25, -0.2) is 0 Å². The zero-order valence-electron chi connectivity index (χ0n) is 8.28. The minimum Gasteiger partial charge on any atom is -0.359 e. The molecule has 0 fully saturated rings. The quantitative estimate of drug-likeness (QED) is 0.431. The lowest BCUT2D eigenvalue weighted by molar-refractivity contribution is -0.793. The van der Waals surface area contributed by atoms with E-state index < -0.39 is 4.92 Å². The lowest BCUT2D eigenvalue weighted by atomic mass is 10.1. The van der Waals surface area contributed by atoms with Crippen molar-refractivity contribution >= 4 is 5.69 Å². The molecule has 0 spiro atoms. The SMILES string of the molecule is Cc1no[n+]([O-])c1-c1ccc([N+](=O)[O-])cc1. The summed E-state index contributed by atoms with van der Waals surface area (Å²) in [6.07, 6.45) is 0. The maximum atomic E-state index is 11.2. The van der Waals surface area contributed by atoms with Crippen LogP contribution < -0.4 is 4.90 Å². The topological polar surface area (TPSA) is 96.1 Å². The monoisotopic (exact) mass is 221 g/mol. The lowest BCUT2D eigenvalue weighted by Crippen LogP contribution is -2.25. The number of nitro benzene ring substituents is 1. The van der Waals surface area contributed by atoms with Crippen molar-refractivity contribution in [2.45, 2.75) is 6.92 Å². The van der Waals surface area contributed by atoms with E-state index in [1.807, 2.05) is 0 Å². The van der Waals surface area contributed by atoms with Crippen LogP contribution in [-0.4, -0.2) is 10.1 Å². The van der Waals surface area contributed by atoms with Crippen LogP contribution in [0.5, 0.6) is 0 Å². The molecular formula is C9H7N3O4. The Labute approximate surface area is 89.6 Å². The molecule has 0 atom stereocenters. The predicted molar refractivity (Wildman–Crippen MR) is 52.3 cm³/mol. The van der Waals surface area contributed by atoms with Crippen LogP contribution in [0.25, 0.3) is 11.3 Å². The van der Waals surface area contributed by atoms with Gasteiger partial charge in [0, 0.05) is 29.8 Å². The van der Waals surface area contributed by atoms with E-state index in [0.717, 1.165) is 0 Å². The van der Waals surface area contributed by atoms with Gasteiger partial charge in [-0.3, -0.25) is 14.7 Å². The van der Waals surface area contributed by atoms with E-state index in [0.29, 0.717) is 11.3 Å². The number of non-ortho nitro benzene ring substituents is 1. The second kappa shape index (κ2) is 3.61. The van der Waals surface area contributed by atoms with Crippen LogP contribution >= 0.6 is 0 Å². The molecule has 0 aliphatic rings. The summed E-state index contributed by atoms with van der Waals surface area (Å²) in [5, 5.41) is 25.1. The van der Waals surface area contributed by atoms with Gasteiger partial charge in [0.2, 0.25) is 11.4 Å². The van der Waals surface area contributed by atoms with Crippen LogP contribution in [0.2, 0.25) is 0 Å². The maximum absolute atomic E-state index is 11.2. The van der Waals surface area contributed by atoms with Crippen LogP contribution in [0.3, 0.4) is 0 Å². The molecule has 1 heterocycles. The molecule has 0 unspecified atom stereocenters. The number of benzene rings is 1. The Morgan fingerprint density at radius 1 is 1.38 bits per heavy atom. The molecule has 0 N–H and O–H groups in total. The second-order valence-electron chi connectivity index (χ2n) is 3.17. The molecule has 1 aromatic carbocycles. The minimum absolute atomic E-state index is 0.0321. The molecule has 16 heavy (non-hydrogen) atoms. The Kier molecular flexibility index (Phi) is 2.28. The Morgan fingerprint density at radius 3 is 2.44 bits per heavy atom. The van der Waals surface area contributed by atoms with E-state index in [-0.39, 0.29) is 16.3 Å². The minimum atomic E-state index is -0.504. The third kappa shape index (κ3) is 1.58. The molecule has 0 saturated carbocycles. The fourth-order valence-corrected chi connectivity index (χ4v) is 1.37. The number of hydrogen-bond acceptors (Lipinski definition) is 5. The molecule has 7 heteroatoms. The highest BCUT2D eigenvalue weighted by Gasteiger charge is 2.17. The van der Waals surface area contributed by atoms with Gasteiger partial charge in [0.1, 0.15) is 0 Å². The number of aryl methyl sites for hydroxylation is 1. The molecule has 0 radical (unpaired) electrons. The van der Waals surface area contributed by atoms with E-state index in [1.54, 1.807) is 6.92 Å². The number of nitro groups is 1. The van der Waals surface area contributed by atoms with Gasteiger partial charge >= 0.3 is 0 Å². The Balaban J connectivity index is 2.46. The van der Waals surface area contributed by atoms with E-state index >= 15 is 0 Å². The van der Waals surface area contributed by atoms with Crippen molar-refractivity contribution in [3.8, 4) is 11.3 Å². The molecule has 2 aromatic rings. The van der Waals surface area contributed by atoms with Gasteiger partial charge in [-0.2, -0.15) is 0 Å². The summed E-state index contributed by atoms with van der Waals surface area (Å²) in [6, 6.07) is 5.60. The Morgan fingerprint density at radius 2 is 2.00 bits per heavy atom. The van der Waals surface area contributed by atoms with Gasteiger partial charge < -0.3 is 5.21 Å². The molecule has 7 nitrogen and oxygen atoms in total. The fraction of sp³-hybridized carbons (Fsp3) is 0.111. The summed E-state index contributed by atoms with van der Waals surface area (Å²) >= 11 is 0. The Bertz CT molecular complexity index is 513. The molecule has 2 rings (SSSR count). The molecule has 0 amide bonds. The molecular weight excluding hydrogens is 214 g/mol. The maximum Gasteiger partial charge on any atom is 0.269 e. The molecule has 0 aliphatic heterocycles. The molecule has 0 saturated heterocycles. The van der Waals surface area contributed by atoms with E-state index in [4.69, 9.17) is 0 Å². The Hall–Kier alpha value is -2.44. The molecule has 0 aliphatic carbocycles. The molecule has 82 valence electrons. The van der Waals surface area contributed by atoms with E-state index in [2.05, 4.69) is 9.79 Å². The van der Waals surface area contributed by atoms with Crippen molar-refractivity contribution in [3.63, 3.8) is 0 Å². The first-order chi connectivity index (χ1) is 7.59. The van der Waals surface area contributed by atoms with Crippen molar-refractivity contribution < 1.29 is 14.5 Å². The fourth-order valence-electron chi connectivity index (χ4n) is 1.37. The summed E-state index contributed by atoms with van der Waals surface area (Å²) in [6.45, 7) is 1.62. The van der Waals surface area contributed by atoms with Crippen LogP contribution in [0.1, 0.15) is 5.69 Å². The van der Waals surface area contributed by atoms with Crippen molar-refractivity contribution in [3.05, 3.63) is 45.3 Å². The highest BCUT2D eigenvalue weighted by Crippen LogP contribution is 2.21. The average Bonchev–Trinajstić information content (AvgIpc) is 2.59. The van der Waals surface area contributed by atoms with Crippen LogP contribution in [0, 0.1) is 22.2 Å². The van der Waals surface area contributed by atoms with Gasteiger partial charge in [0.15, 0.2) is 0 Å². The highest BCUT2D eigenvalue weighted by atomic mass is 16.8. The smallest absolute Gasteiger partial charge is 0.269 e. The van der Waals surface area contributed by atoms with Gasteiger partial charge in [0.05, 0.1) is 4.92 Å². The first kappa shape index (κ1) is 10.1. The summed E-state index contributed by atoms with van der Waals surface area (Å²) in [5.41, 5.74) is 1.19. The third-order valence-corrected chi connectivity index (χ3v) is 2.13. The summed E-state index contributed by atoms with van der Waals surface area (Å²) in [4.78, 5) is 10.2. The van der Waals surface area contributed by atoms with Crippen LogP contribution in [0.4, 0.5) is 5.69 Å². The summed E-state index contributed by atoms with van der Waals surface area (Å²) < 4.78 is 4.40. The summed E-state index contributed by atoms with van der Waals surface area (Å²) in [7, 11) is 0. The lowest BCUT2D eigenvalue weighted by Gasteiger charge is -1.96. The van der Waals surface area contributed by atoms with Crippen molar-refractivity contribution in [2.75, 3.05) is 0 Å². The van der Waals surface area contributed by atoms with Crippen LogP contribution in [0.15, 0.2) is 28.9 Å². The third-order valence-electron chi connectivity index (χ3n) is 2.13. The predicted octanol–water partition coefficient (Wildman–Crippen LogP) is 1.19. The largest absolute Gasteiger partial charge is 0.359 e. The molecule has 0 bridgehead atoms. The van der Waals surface area contributed by atoms with Crippen molar-refractivity contribution in [2.24, 2.45) is 0 Å². The van der Waals surface area contributed by atoms with Crippen molar-refractivity contribution in [1.29, 1.82) is 0 Å². The zero-order chi connectivity index (χ0) is 11.7. The first-order valence-corrected chi connectivity index (χ1v) is 4.41. The summed E-state index contributed by atoms with van der Waals surface area (Å²) in [5.74, 6) is 0. The number of nitrogens with zero attached hydrogens (tertiary/aromatic N) is 3. The average molecular weight is 221 g/mol. The van der Waals surface area contributed by atoms with E-state index in [9.17, 15) is 15.3 Å². The standard InChI is InChI=1S/C9H7N3O4/c1-6-9(12(15)16-10-6)7-2-4-8(5-3-7)11(13)14/h2-5H,1H3. The van der Waals surface area contributed by atoms with Crippen molar-refractivity contribution in [1.82, 2.24) is 5.16 Å². The van der Waals surface area contributed by atoms with Gasteiger partial charge in [-0.15, -0.1) is 0 Å². The van der Waals surface area contributed by atoms with Gasteiger partial charge in [0.25, 0.3) is 5.69 Å². The second-order valence-corrected chi connectivity index (χ2v) is 3.17. The zero-order valence-corrected chi connectivity index (χ0v) is 8.28. The first-order valence-electron chi connectivity index (χ1n) is 4.41. The van der Waals surface area contributed by atoms with E-state index in [1.165, 1.54) is 24.3 Å². The normalized spacial score (nSPS) is 10.3. The number of aromatic nitrogens is 2. The highest BCUT2D eigenvalue weighted by molar-refractivity contribution is 5.59. The van der Waals surface area contributed by atoms with Gasteiger partial charge in [-0.1, -0.05) is 0 Å². The molecule has 1 aromatic heterocycles. The van der Waals surface area contributed by atoms with Gasteiger partial charge in [-0.05, 0) is 17.0 Å².